The Hall–Kier alpha value is -1.30. The SMILES string of the molecule is COC(=O)C(=CC(F)(F)F)c1ccccc1CBr. The van der Waals surface area contributed by atoms with Crippen LogP contribution in [-0.2, 0) is 14.9 Å². The van der Waals surface area contributed by atoms with Crippen LogP contribution in [0.3, 0.4) is 0 Å². The molecule has 0 atom stereocenters. The van der Waals surface area contributed by atoms with E-state index in [1.165, 1.54) is 6.07 Å². The molecule has 2 nitrogen and oxygen atoms in total. The van der Waals surface area contributed by atoms with Crippen LogP contribution >= 0.6 is 15.9 Å². The van der Waals surface area contributed by atoms with E-state index in [1.54, 1.807) is 18.2 Å². The Morgan fingerprint density at radius 3 is 2.50 bits per heavy atom. The van der Waals surface area contributed by atoms with Gasteiger partial charge in [0.15, 0.2) is 0 Å². The summed E-state index contributed by atoms with van der Waals surface area (Å²) in [6.07, 6.45) is -4.62. The molecule has 98 valence electrons. The Morgan fingerprint density at radius 1 is 1.39 bits per heavy atom. The molecule has 6 heteroatoms. The standard InChI is InChI=1S/C12H10BrF3O2/c1-18-11(17)10(6-12(14,15)16)9-5-3-2-4-8(9)7-13/h2-6H,7H2,1H3. The number of esters is 1. The third-order valence-electron chi connectivity index (χ3n) is 2.16. The molecule has 1 rings (SSSR count). The molecule has 0 aliphatic carbocycles. The first-order chi connectivity index (χ1) is 8.39. The first kappa shape index (κ1) is 14.8. The maximum absolute atomic E-state index is 12.4. The number of rotatable bonds is 3. The predicted octanol–water partition coefficient (Wildman–Crippen LogP) is 3.70. The average molecular weight is 323 g/mol. The summed E-state index contributed by atoms with van der Waals surface area (Å²) in [5, 5.41) is 0.343. The largest absolute Gasteiger partial charge is 0.465 e. The number of carbonyl (C=O) groups is 1. The minimum absolute atomic E-state index is 0.0413. The lowest BCUT2D eigenvalue weighted by molar-refractivity contribution is -0.134. The van der Waals surface area contributed by atoms with Crippen LogP contribution in [0.15, 0.2) is 30.3 Å². The Kier molecular flexibility index (Phi) is 4.95. The van der Waals surface area contributed by atoms with E-state index in [0.717, 1.165) is 7.11 Å². The lowest BCUT2D eigenvalue weighted by Gasteiger charge is -2.11. The van der Waals surface area contributed by atoms with Crippen LogP contribution in [-0.4, -0.2) is 19.3 Å². The van der Waals surface area contributed by atoms with Gasteiger partial charge in [-0.25, -0.2) is 4.79 Å². The second kappa shape index (κ2) is 6.04. The van der Waals surface area contributed by atoms with E-state index in [4.69, 9.17) is 0 Å². The molecule has 0 aromatic heterocycles. The van der Waals surface area contributed by atoms with Crippen molar-refractivity contribution in [2.24, 2.45) is 0 Å². The van der Waals surface area contributed by atoms with E-state index in [-0.39, 0.29) is 11.6 Å². The van der Waals surface area contributed by atoms with Gasteiger partial charge in [-0.3, -0.25) is 0 Å². The van der Waals surface area contributed by atoms with Gasteiger partial charge in [-0.05, 0) is 11.1 Å². The quantitative estimate of drug-likeness (QED) is 0.482. The fraction of sp³-hybridized carbons (Fsp3) is 0.250. The lowest BCUT2D eigenvalue weighted by atomic mass is 10.0. The molecule has 1 aromatic rings. The molecule has 0 spiro atoms. The molecule has 0 N–H and O–H groups in total. The van der Waals surface area contributed by atoms with Crippen molar-refractivity contribution in [2.75, 3.05) is 7.11 Å². The number of carbonyl (C=O) groups excluding carboxylic acids is 1. The Bertz CT molecular complexity index is 467. The van der Waals surface area contributed by atoms with E-state index in [0.29, 0.717) is 10.9 Å². The molecule has 0 saturated heterocycles. The van der Waals surface area contributed by atoms with E-state index in [9.17, 15) is 18.0 Å². The normalized spacial score (nSPS) is 12.4. The third kappa shape index (κ3) is 3.87. The Morgan fingerprint density at radius 2 is 2.00 bits per heavy atom. The minimum atomic E-state index is -4.58. The zero-order valence-electron chi connectivity index (χ0n) is 9.42. The van der Waals surface area contributed by atoms with Crippen molar-refractivity contribution in [1.29, 1.82) is 0 Å². The molecule has 0 aliphatic rings. The Labute approximate surface area is 111 Å². The molecule has 0 fully saturated rings. The van der Waals surface area contributed by atoms with E-state index >= 15 is 0 Å². The van der Waals surface area contributed by atoms with Gasteiger partial charge >= 0.3 is 12.1 Å². The highest BCUT2D eigenvalue weighted by Gasteiger charge is 2.28. The van der Waals surface area contributed by atoms with Gasteiger partial charge in [-0.1, -0.05) is 40.2 Å². The predicted molar refractivity (Wildman–Crippen MR) is 65.1 cm³/mol. The summed E-state index contributed by atoms with van der Waals surface area (Å²) in [5.41, 5.74) is 0.289. The van der Waals surface area contributed by atoms with E-state index in [1.807, 2.05) is 0 Å². The van der Waals surface area contributed by atoms with Gasteiger partial charge in [0.2, 0.25) is 0 Å². The molecular weight excluding hydrogens is 313 g/mol. The molecule has 0 saturated carbocycles. The van der Waals surface area contributed by atoms with Gasteiger partial charge < -0.3 is 4.74 Å². The number of halogens is 4. The van der Waals surface area contributed by atoms with Crippen LogP contribution in [0.25, 0.3) is 5.57 Å². The van der Waals surface area contributed by atoms with Gasteiger partial charge in [0.1, 0.15) is 0 Å². The first-order valence-corrected chi connectivity index (χ1v) is 6.03. The lowest BCUT2D eigenvalue weighted by Crippen LogP contribution is -2.11. The zero-order valence-corrected chi connectivity index (χ0v) is 11.0. The summed E-state index contributed by atoms with van der Waals surface area (Å²) >= 11 is 3.17. The zero-order chi connectivity index (χ0) is 13.8. The number of hydrogen-bond donors (Lipinski definition) is 0. The van der Waals surface area contributed by atoms with E-state index < -0.39 is 17.7 Å². The molecule has 0 unspecified atom stereocenters. The topological polar surface area (TPSA) is 26.3 Å². The van der Waals surface area contributed by atoms with Crippen molar-refractivity contribution in [3.8, 4) is 0 Å². The van der Waals surface area contributed by atoms with Crippen LogP contribution < -0.4 is 0 Å². The summed E-state index contributed by atoms with van der Waals surface area (Å²) in [4.78, 5) is 11.5. The number of ether oxygens (including phenoxy) is 1. The van der Waals surface area contributed by atoms with Crippen molar-refractivity contribution >= 4 is 27.5 Å². The third-order valence-corrected chi connectivity index (χ3v) is 2.77. The van der Waals surface area contributed by atoms with Crippen LogP contribution in [0.1, 0.15) is 11.1 Å². The number of methoxy groups -OCH3 is 1. The molecule has 0 bridgehead atoms. The van der Waals surface area contributed by atoms with Gasteiger partial charge in [-0.15, -0.1) is 0 Å². The van der Waals surface area contributed by atoms with Gasteiger partial charge in [0.05, 0.1) is 12.7 Å². The Balaban J connectivity index is 3.36. The smallest absolute Gasteiger partial charge is 0.410 e. The summed E-state index contributed by atoms with van der Waals surface area (Å²) in [6, 6.07) is 6.33. The summed E-state index contributed by atoms with van der Waals surface area (Å²) < 4.78 is 41.7. The van der Waals surface area contributed by atoms with Crippen molar-refractivity contribution in [1.82, 2.24) is 0 Å². The highest BCUT2D eigenvalue weighted by molar-refractivity contribution is 9.08. The van der Waals surface area contributed by atoms with Crippen molar-refractivity contribution in [2.45, 2.75) is 11.5 Å². The molecule has 0 heterocycles. The van der Waals surface area contributed by atoms with Gasteiger partial charge in [0.25, 0.3) is 0 Å². The van der Waals surface area contributed by atoms with Crippen LogP contribution in [0.2, 0.25) is 0 Å². The van der Waals surface area contributed by atoms with Crippen LogP contribution in [0.5, 0.6) is 0 Å². The minimum Gasteiger partial charge on any atom is -0.465 e. The number of alkyl halides is 4. The fourth-order valence-corrected chi connectivity index (χ4v) is 1.91. The molecular formula is C12H10BrF3O2. The molecule has 0 amide bonds. The number of benzene rings is 1. The van der Waals surface area contributed by atoms with Crippen molar-refractivity contribution in [3.63, 3.8) is 0 Å². The second-order valence-corrected chi connectivity index (χ2v) is 3.94. The van der Waals surface area contributed by atoms with E-state index in [2.05, 4.69) is 20.7 Å². The van der Waals surface area contributed by atoms with Crippen LogP contribution in [0.4, 0.5) is 13.2 Å². The fourth-order valence-electron chi connectivity index (χ4n) is 1.42. The average Bonchev–Trinajstić information content (AvgIpc) is 2.34. The number of allylic oxidation sites excluding steroid dienone is 1. The number of hydrogen-bond acceptors (Lipinski definition) is 2. The monoisotopic (exact) mass is 322 g/mol. The summed E-state index contributed by atoms with van der Waals surface area (Å²) in [5.74, 6) is -1.01. The van der Waals surface area contributed by atoms with Crippen molar-refractivity contribution in [3.05, 3.63) is 41.5 Å². The summed E-state index contributed by atoms with van der Waals surface area (Å²) in [6.45, 7) is 0. The van der Waals surface area contributed by atoms with Crippen molar-refractivity contribution < 1.29 is 22.7 Å². The molecule has 18 heavy (non-hydrogen) atoms. The molecule has 1 aromatic carbocycles. The second-order valence-electron chi connectivity index (χ2n) is 3.38. The van der Waals surface area contributed by atoms with Gasteiger partial charge in [0, 0.05) is 11.4 Å². The first-order valence-electron chi connectivity index (χ1n) is 4.91. The van der Waals surface area contributed by atoms with Gasteiger partial charge in [-0.2, -0.15) is 13.2 Å². The summed E-state index contributed by atoms with van der Waals surface area (Å²) in [7, 11) is 1.04. The van der Waals surface area contributed by atoms with Crippen LogP contribution in [0, 0.1) is 0 Å². The highest BCUT2D eigenvalue weighted by Crippen LogP contribution is 2.28. The maximum Gasteiger partial charge on any atom is 0.410 e. The maximum atomic E-state index is 12.4. The molecule has 0 radical (unpaired) electrons. The highest BCUT2D eigenvalue weighted by atomic mass is 79.9. The molecule has 0 aliphatic heterocycles.